The number of hydrogen-bond donors (Lipinski definition) is 2. The van der Waals surface area contributed by atoms with Crippen LogP contribution in [0.3, 0.4) is 0 Å². The van der Waals surface area contributed by atoms with E-state index in [0.29, 0.717) is 5.69 Å². The van der Waals surface area contributed by atoms with E-state index < -0.39 is 11.7 Å². The molecule has 2 aromatic rings. The number of ether oxygens (including phenoxy) is 1. The molecule has 0 fully saturated rings. The summed E-state index contributed by atoms with van der Waals surface area (Å²) in [5, 5.41) is 2.84. The molecule has 0 bridgehead atoms. The van der Waals surface area contributed by atoms with Crippen LogP contribution < -0.4 is 15.8 Å². The highest BCUT2D eigenvalue weighted by Gasteiger charge is 2.14. The SMILES string of the molecule is COc1cc(NC(=O)c2c(N)cccc2Cl)ccc1F. The Morgan fingerprint density at radius 3 is 2.75 bits per heavy atom. The molecule has 0 saturated carbocycles. The minimum atomic E-state index is -0.511. The highest BCUT2D eigenvalue weighted by molar-refractivity contribution is 6.35. The van der Waals surface area contributed by atoms with Crippen LogP contribution in [-0.4, -0.2) is 13.0 Å². The molecule has 0 aromatic heterocycles. The van der Waals surface area contributed by atoms with E-state index >= 15 is 0 Å². The van der Waals surface area contributed by atoms with Gasteiger partial charge >= 0.3 is 0 Å². The highest BCUT2D eigenvalue weighted by Crippen LogP contribution is 2.25. The standard InChI is InChI=1S/C14H12ClFN2O2/c1-20-12-7-8(5-6-10(12)16)18-14(19)13-9(15)3-2-4-11(13)17/h2-7H,17H2,1H3,(H,18,19). The number of carbonyl (C=O) groups excluding carboxylic acids is 1. The van der Waals surface area contributed by atoms with Gasteiger partial charge in [0.2, 0.25) is 0 Å². The smallest absolute Gasteiger partial charge is 0.259 e. The lowest BCUT2D eigenvalue weighted by Crippen LogP contribution is -2.14. The summed E-state index contributed by atoms with van der Waals surface area (Å²) in [5.74, 6) is -0.945. The molecule has 104 valence electrons. The van der Waals surface area contributed by atoms with Crippen molar-refractivity contribution in [1.29, 1.82) is 0 Å². The Labute approximate surface area is 120 Å². The Bertz CT molecular complexity index is 641. The summed E-state index contributed by atoms with van der Waals surface area (Å²) in [6, 6.07) is 8.78. The number of amides is 1. The molecular weight excluding hydrogens is 283 g/mol. The number of anilines is 2. The molecule has 3 N–H and O–H groups in total. The van der Waals surface area contributed by atoms with Crippen molar-refractivity contribution in [3.63, 3.8) is 0 Å². The molecule has 20 heavy (non-hydrogen) atoms. The van der Waals surface area contributed by atoms with Crippen molar-refractivity contribution in [1.82, 2.24) is 0 Å². The number of benzene rings is 2. The van der Waals surface area contributed by atoms with Crippen LogP contribution >= 0.6 is 11.6 Å². The van der Waals surface area contributed by atoms with Gasteiger partial charge in [0.05, 0.1) is 17.7 Å². The van der Waals surface area contributed by atoms with E-state index in [1.54, 1.807) is 18.2 Å². The van der Waals surface area contributed by atoms with Gasteiger partial charge in [0.25, 0.3) is 5.91 Å². The highest BCUT2D eigenvalue weighted by atomic mass is 35.5. The quantitative estimate of drug-likeness (QED) is 0.854. The van der Waals surface area contributed by atoms with E-state index in [2.05, 4.69) is 5.32 Å². The van der Waals surface area contributed by atoms with Crippen molar-refractivity contribution < 1.29 is 13.9 Å². The van der Waals surface area contributed by atoms with E-state index in [1.807, 2.05) is 0 Å². The summed E-state index contributed by atoms with van der Waals surface area (Å²) in [6.07, 6.45) is 0. The third-order valence-corrected chi connectivity index (χ3v) is 3.00. The summed E-state index contributed by atoms with van der Waals surface area (Å²) in [5.41, 5.74) is 6.55. The first-order valence-electron chi connectivity index (χ1n) is 5.72. The molecule has 0 aliphatic carbocycles. The molecule has 4 nitrogen and oxygen atoms in total. The number of carbonyl (C=O) groups is 1. The number of nitrogens with two attached hydrogens (primary N) is 1. The maximum absolute atomic E-state index is 13.3. The van der Waals surface area contributed by atoms with Crippen molar-refractivity contribution in [2.24, 2.45) is 0 Å². The zero-order chi connectivity index (χ0) is 14.7. The molecule has 2 rings (SSSR count). The molecular formula is C14H12ClFN2O2. The lowest BCUT2D eigenvalue weighted by atomic mass is 10.1. The summed E-state index contributed by atoms with van der Waals surface area (Å²) in [4.78, 5) is 12.1. The van der Waals surface area contributed by atoms with Gasteiger partial charge in [0.1, 0.15) is 0 Å². The second kappa shape index (κ2) is 5.79. The van der Waals surface area contributed by atoms with Gasteiger partial charge in [-0.1, -0.05) is 17.7 Å². The van der Waals surface area contributed by atoms with Crippen LogP contribution in [-0.2, 0) is 0 Å². The summed E-state index contributed by atoms with van der Waals surface area (Å²) in [6.45, 7) is 0. The molecule has 0 aliphatic rings. The van der Waals surface area contributed by atoms with E-state index in [0.717, 1.165) is 0 Å². The van der Waals surface area contributed by atoms with Gasteiger partial charge < -0.3 is 15.8 Å². The lowest BCUT2D eigenvalue weighted by Gasteiger charge is -2.10. The second-order valence-corrected chi connectivity index (χ2v) is 4.41. The number of hydrogen-bond acceptors (Lipinski definition) is 3. The van der Waals surface area contributed by atoms with Gasteiger partial charge in [-0.2, -0.15) is 0 Å². The molecule has 0 radical (unpaired) electrons. The minimum absolute atomic E-state index is 0.0370. The molecule has 6 heteroatoms. The molecule has 1 amide bonds. The first-order chi connectivity index (χ1) is 9.52. The number of rotatable bonds is 3. The van der Waals surface area contributed by atoms with Gasteiger partial charge in [0.15, 0.2) is 11.6 Å². The monoisotopic (exact) mass is 294 g/mol. The van der Waals surface area contributed by atoms with Crippen LogP contribution in [0.25, 0.3) is 0 Å². The molecule has 0 unspecified atom stereocenters. The Kier molecular flexibility index (Phi) is 4.10. The largest absolute Gasteiger partial charge is 0.494 e. The van der Waals surface area contributed by atoms with Gasteiger partial charge in [-0.25, -0.2) is 4.39 Å². The fraction of sp³-hybridized carbons (Fsp3) is 0.0714. The van der Waals surface area contributed by atoms with Crippen LogP contribution in [0, 0.1) is 5.82 Å². The lowest BCUT2D eigenvalue weighted by molar-refractivity contribution is 0.102. The van der Waals surface area contributed by atoms with Crippen LogP contribution in [0.15, 0.2) is 36.4 Å². The summed E-state index contributed by atoms with van der Waals surface area (Å²) >= 11 is 5.95. The second-order valence-electron chi connectivity index (χ2n) is 4.01. The number of nitrogens with one attached hydrogen (secondary N) is 1. The third-order valence-electron chi connectivity index (χ3n) is 2.68. The number of nitrogen functional groups attached to an aromatic ring is 1. The fourth-order valence-corrected chi connectivity index (χ4v) is 1.98. The Morgan fingerprint density at radius 1 is 1.35 bits per heavy atom. The van der Waals surface area contributed by atoms with E-state index in [4.69, 9.17) is 22.1 Å². The van der Waals surface area contributed by atoms with E-state index in [-0.39, 0.29) is 22.0 Å². The molecule has 0 atom stereocenters. The average Bonchev–Trinajstić information content (AvgIpc) is 2.40. The normalized spacial score (nSPS) is 10.2. The van der Waals surface area contributed by atoms with Crippen LogP contribution in [0.5, 0.6) is 5.75 Å². The Balaban J connectivity index is 2.28. The van der Waals surface area contributed by atoms with Crippen molar-refractivity contribution in [3.05, 3.63) is 52.8 Å². The van der Waals surface area contributed by atoms with Gasteiger partial charge in [0, 0.05) is 17.4 Å². The minimum Gasteiger partial charge on any atom is -0.494 e. The van der Waals surface area contributed by atoms with Crippen molar-refractivity contribution in [3.8, 4) is 5.75 Å². The van der Waals surface area contributed by atoms with Gasteiger partial charge in [-0.15, -0.1) is 0 Å². The molecule has 0 saturated heterocycles. The zero-order valence-corrected chi connectivity index (χ0v) is 11.4. The fourth-order valence-electron chi connectivity index (χ4n) is 1.71. The predicted molar refractivity (Wildman–Crippen MR) is 76.8 cm³/mol. The van der Waals surface area contributed by atoms with E-state index in [9.17, 15) is 9.18 Å². The molecule has 2 aromatic carbocycles. The van der Waals surface area contributed by atoms with Gasteiger partial charge in [-0.05, 0) is 24.3 Å². The van der Waals surface area contributed by atoms with Crippen LogP contribution in [0.2, 0.25) is 5.02 Å². The number of methoxy groups -OCH3 is 1. The average molecular weight is 295 g/mol. The topological polar surface area (TPSA) is 64.3 Å². The van der Waals surface area contributed by atoms with E-state index in [1.165, 1.54) is 25.3 Å². The Morgan fingerprint density at radius 2 is 2.10 bits per heavy atom. The maximum atomic E-state index is 13.3. The van der Waals surface area contributed by atoms with Crippen molar-refractivity contribution >= 4 is 28.9 Å². The first-order valence-corrected chi connectivity index (χ1v) is 6.09. The van der Waals surface area contributed by atoms with Gasteiger partial charge in [-0.3, -0.25) is 4.79 Å². The van der Waals surface area contributed by atoms with Crippen molar-refractivity contribution in [2.45, 2.75) is 0 Å². The van der Waals surface area contributed by atoms with Crippen LogP contribution in [0.1, 0.15) is 10.4 Å². The third kappa shape index (κ3) is 2.83. The number of halogens is 2. The maximum Gasteiger partial charge on any atom is 0.259 e. The first kappa shape index (κ1) is 14.1. The van der Waals surface area contributed by atoms with Crippen molar-refractivity contribution in [2.75, 3.05) is 18.2 Å². The predicted octanol–water partition coefficient (Wildman–Crippen LogP) is 3.32. The molecule has 0 heterocycles. The Hall–Kier alpha value is -2.27. The zero-order valence-electron chi connectivity index (χ0n) is 10.6. The summed E-state index contributed by atoms with van der Waals surface area (Å²) < 4.78 is 18.1. The molecule has 0 spiro atoms. The summed E-state index contributed by atoms with van der Waals surface area (Å²) in [7, 11) is 1.34. The molecule has 0 aliphatic heterocycles. The van der Waals surface area contributed by atoms with Crippen LogP contribution in [0.4, 0.5) is 15.8 Å².